The van der Waals surface area contributed by atoms with E-state index in [0.717, 1.165) is 35.6 Å². The number of benzene rings is 2. The zero-order chi connectivity index (χ0) is 15.0. The Hall–Kier alpha value is -2.16. The molecule has 0 fully saturated rings. The number of rotatable bonds is 3. The first kappa shape index (κ1) is 13.8. The molecule has 0 spiro atoms. The Morgan fingerprint density at radius 2 is 1.95 bits per heavy atom. The smallest absolute Gasteiger partial charge is 0.122 e. The Bertz CT molecular complexity index is 679. The first-order chi connectivity index (χ1) is 10.0. The number of anilines is 1. The van der Waals surface area contributed by atoms with Gasteiger partial charge in [0.05, 0.1) is 6.61 Å². The van der Waals surface area contributed by atoms with Gasteiger partial charge in [-0.3, -0.25) is 0 Å². The average Bonchev–Trinajstić information content (AvgIpc) is 2.92. The van der Waals surface area contributed by atoms with E-state index in [0.29, 0.717) is 5.75 Å². The van der Waals surface area contributed by atoms with Gasteiger partial charge in [-0.2, -0.15) is 0 Å². The fraction of sp³-hybridized carbons (Fsp3) is 0.333. The fourth-order valence-corrected chi connectivity index (χ4v) is 2.75. The third-order valence-corrected chi connectivity index (χ3v) is 4.13. The molecule has 0 bridgehead atoms. The summed E-state index contributed by atoms with van der Waals surface area (Å²) in [7, 11) is 0. The first-order valence-electron chi connectivity index (χ1n) is 7.37. The second-order valence-corrected chi connectivity index (χ2v) is 5.79. The van der Waals surface area contributed by atoms with Crippen molar-refractivity contribution < 1.29 is 9.84 Å². The number of nitrogens with one attached hydrogen (secondary N) is 1. The largest absolute Gasteiger partial charge is 0.508 e. The number of aryl methyl sites for hydroxylation is 2. The minimum absolute atomic E-state index is 0.207. The van der Waals surface area contributed by atoms with Crippen LogP contribution in [-0.2, 0) is 6.42 Å². The van der Waals surface area contributed by atoms with E-state index >= 15 is 0 Å². The van der Waals surface area contributed by atoms with Gasteiger partial charge in [0.1, 0.15) is 11.5 Å². The molecular weight excluding hydrogens is 262 g/mol. The second-order valence-electron chi connectivity index (χ2n) is 5.79. The minimum Gasteiger partial charge on any atom is -0.508 e. The van der Waals surface area contributed by atoms with E-state index in [1.54, 1.807) is 6.07 Å². The minimum atomic E-state index is 0.207. The number of fused-ring (bicyclic) bond motifs is 1. The molecule has 21 heavy (non-hydrogen) atoms. The van der Waals surface area contributed by atoms with E-state index in [9.17, 15) is 5.11 Å². The Labute approximate surface area is 125 Å². The summed E-state index contributed by atoms with van der Waals surface area (Å²) in [5, 5.41) is 13.3. The Morgan fingerprint density at radius 3 is 2.76 bits per heavy atom. The van der Waals surface area contributed by atoms with Gasteiger partial charge in [0.25, 0.3) is 0 Å². The van der Waals surface area contributed by atoms with E-state index in [2.05, 4.69) is 30.4 Å². The molecule has 3 rings (SSSR count). The molecule has 1 heterocycles. The lowest BCUT2D eigenvalue weighted by molar-refractivity contribution is 0.357. The maximum Gasteiger partial charge on any atom is 0.122 e. The van der Waals surface area contributed by atoms with Crippen LogP contribution in [0.15, 0.2) is 30.3 Å². The SMILES string of the molecule is Cc1cc(NC(C)c2ccc3c(c2)CCO3)c(C)cc1O. The van der Waals surface area contributed by atoms with Crippen molar-refractivity contribution >= 4 is 5.69 Å². The van der Waals surface area contributed by atoms with E-state index in [1.165, 1.54) is 11.1 Å². The molecule has 2 aromatic rings. The van der Waals surface area contributed by atoms with E-state index in [-0.39, 0.29) is 6.04 Å². The van der Waals surface area contributed by atoms with Crippen LogP contribution in [-0.4, -0.2) is 11.7 Å². The molecule has 0 aromatic heterocycles. The van der Waals surface area contributed by atoms with Gasteiger partial charge < -0.3 is 15.2 Å². The van der Waals surface area contributed by atoms with Gasteiger partial charge in [-0.05, 0) is 67.3 Å². The summed E-state index contributed by atoms with van der Waals surface area (Å²) < 4.78 is 5.55. The number of hydrogen-bond acceptors (Lipinski definition) is 3. The van der Waals surface area contributed by atoms with Gasteiger partial charge in [0, 0.05) is 18.2 Å². The predicted octanol–water partition coefficient (Wildman–Crippen LogP) is 4.12. The number of hydrogen-bond donors (Lipinski definition) is 2. The third kappa shape index (κ3) is 2.68. The summed E-state index contributed by atoms with van der Waals surface area (Å²) in [6.45, 7) is 6.86. The van der Waals surface area contributed by atoms with E-state index < -0.39 is 0 Å². The zero-order valence-electron chi connectivity index (χ0n) is 12.7. The highest BCUT2D eigenvalue weighted by molar-refractivity contribution is 5.58. The lowest BCUT2D eigenvalue weighted by Crippen LogP contribution is -2.08. The maximum absolute atomic E-state index is 9.74. The van der Waals surface area contributed by atoms with Crippen LogP contribution in [0.5, 0.6) is 11.5 Å². The first-order valence-corrected chi connectivity index (χ1v) is 7.37. The second kappa shape index (κ2) is 5.32. The van der Waals surface area contributed by atoms with E-state index in [4.69, 9.17) is 4.74 Å². The van der Waals surface area contributed by atoms with Gasteiger partial charge in [-0.15, -0.1) is 0 Å². The third-order valence-electron chi connectivity index (χ3n) is 4.13. The summed E-state index contributed by atoms with van der Waals surface area (Å²) in [5.41, 5.74) is 5.55. The van der Waals surface area contributed by atoms with Gasteiger partial charge in [0.2, 0.25) is 0 Å². The summed E-state index contributed by atoms with van der Waals surface area (Å²) in [6.07, 6.45) is 0.993. The standard InChI is InChI=1S/C18H21NO2/c1-11-9-17(20)12(2)8-16(11)19-13(3)14-4-5-18-15(10-14)6-7-21-18/h4-5,8-10,13,19-20H,6-7H2,1-3H3. The molecule has 1 aliphatic heterocycles. The average molecular weight is 283 g/mol. The van der Waals surface area contributed by atoms with Gasteiger partial charge >= 0.3 is 0 Å². The molecular formula is C18H21NO2. The van der Waals surface area contributed by atoms with Crippen LogP contribution in [0.4, 0.5) is 5.69 Å². The molecule has 0 saturated carbocycles. The van der Waals surface area contributed by atoms with Gasteiger partial charge in [-0.1, -0.05) is 6.07 Å². The van der Waals surface area contributed by atoms with Crippen molar-refractivity contribution in [2.75, 3.05) is 11.9 Å². The van der Waals surface area contributed by atoms with Gasteiger partial charge in [-0.25, -0.2) is 0 Å². The lowest BCUT2D eigenvalue weighted by Gasteiger charge is -2.19. The summed E-state index contributed by atoms with van der Waals surface area (Å²) in [6, 6.07) is 10.4. The highest BCUT2D eigenvalue weighted by atomic mass is 16.5. The van der Waals surface area contributed by atoms with Crippen molar-refractivity contribution in [2.45, 2.75) is 33.2 Å². The molecule has 1 atom stereocenters. The van der Waals surface area contributed by atoms with Crippen LogP contribution in [0.1, 0.15) is 35.2 Å². The normalized spacial score (nSPS) is 14.4. The molecule has 3 nitrogen and oxygen atoms in total. The topological polar surface area (TPSA) is 41.5 Å². The van der Waals surface area contributed by atoms with Crippen molar-refractivity contribution in [1.82, 2.24) is 0 Å². The maximum atomic E-state index is 9.74. The highest BCUT2D eigenvalue weighted by Gasteiger charge is 2.15. The predicted molar refractivity (Wildman–Crippen MR) is 85.3 cm³/mol. The van der Waals surface area contributed by atoms with Crippen molar-refractivity contribution in [2.24, 2.45) is 0 Å². The van der Waals surface area contributed by atoms with Crippen molar-refractivity contribution in [3.8, 4) is 11.5 Å². The number of phenolic OH excluding ortho intramolecular Hbond substituents is 1. The molecule has 0 saturated heterocycles. The molecule has 0 radical (unpaired) electrons. The van der Waals surface area contributed by atoms with Crippen LogP contribution in [0, 0.1) is 13.8 Å². The lowest BCUT2D eigenvalue weighted by atomic mass is 10.0. The summed E-state index contributed by atoms with van der Waals surface area (Å²) in [4.78, 5) is 0. The number of ether oxygens (including phenoxy) is 1. The quantitative estimate of drug-likeness (QED) is 0.833. The molecule has 2 N–H and O–H groups in total. The fourth-order valence-electron chi connectivity index (χ4n) is 2.75. The van der Waals surface area contributed by atoms with Gasteiger partial charge in [0.15, 0.2) is 0 Å². The Balaban J connectivity index is 1.83. The Kier molecular flexibility index (Phi) is 3.50. The number of phenols is 1. The highest BCUT2D eigenvalue weighted by Crippen LogP contribution is 2.31. The summed E-state index contributed by atoms with van der Waals surface area (Å²) in [5.74, 6) is 1.36. The monoisotopic (exact) mass is 283 g/mol. The molecule has 1 unspecified atom stereocenters. The molecule has 0 aliphatic carbocycles. The van der Waals surface area contributed by atoms with Crippen molar-refractivity contribution in [3.05, 3.63) is 52.6 Å². The van der Waals surface area contributed by atoms with Crippen LogP contribution in [0.2, 0.25) is 0 Å². The molecule has 110 valence electrons. The Morgan fingerprint density at radius 1 is 1.14 bits per heavy atom. The van der Waals surface area contributed by atoms with Crippen molar-refractivity contribution in [1.29, 1.82) is 0 Å². The van der Waals surface area contributed by atoms with Crippen molar-refractivity contribution in [3.63, 3.8) is 0 Å². The van der Waals surface area contributed by atoms with Crippen LogP contribution in [0.25, 0.3) is 0 Å². The van der Waals surface area contributed by atoms with Crippen LogP contribution >= 0.6 is 0 Å². The molecule has 1 aliphatic rings. The van der Waals surface area contributed by atoms with Crippen LogP contribution in [0.3, 0.4) is 0 Å². The van der Waals surface area contributed by atoms with Crippen LogP contribution < -0.4 is 10.1 Å². The van der Waals surface area contributed by atoms with E-state index in [1.807, 2.05) is 19.9 Å². The number of aromatic hydroxyl groups is 1. The zero-order valence-corrected chi connectivity index (χ0v) is 12.7. The summed E-state index contributed by atoms with van der Waals surface area (Å²) >= 11 is 0. The molecule has 2 aromatic carbocycles. The molecule has 0 amide bonds. The molecule has 3 heteroatoms.